The number of hydrogen-bond donors (Lipinski definition) is 2. The van der Waals surface area contributed by atoms with E-state index < -0.39 is 0 Å². The van der Waals surface area contributed by atoms with Gasteiger partial charge in [0.25, 0.3) is 5.91 Å². The molecule has 3 aromatic rings. The maximum Gasteiger partial charge on any atom is 0.259 e. The Bertz CT molecular complexity index is 852. The number of piperidine rings is 1. The van der Waals surface area contributed by atoms with Crippen molar-refractivity contribution >= 4 is 22.4 Å². The summed E-state index contributed by atoms with van der Waals surface area (Å²) >= 11 is 1.57. The molecule has 2 aromatic heterocycles. The molecule has 3 heterocycles. The van der Waals surface area contributed by atoms with Gasteiger partial charge in [0.05, 0.1) is 11.3 Å². The molecule has 7 heteroatoms. The average Bonchev–Trinajstić information content (AvgIpc) is 3.34. The Morgan fingerprint density at radius 3 is 2.88 bits per heavy atom. The number of hydrogen-bond acceptors (Lipinski definition) is 5. The highest BCUT2D eigenvalue weighted by Gasteiger charge is 2.19. The summed E-state index contributed by atoms with van der Waals surface area (Å²) in [6.45, 7) is 2.09. The van der Waals surface area contributed by atoms with E-state index in [1.807, 2.05) is 36.7 Å². The summed E-state index contributed by atoms with van der Waals surface area (Å²) in [5, 5.41) is 11.2. The van der Waals surface area contributed by atoms with E-state index in [1.165, 1.54) is 4.88 Å². The van der Waals surface area contributed by atoms with Crippen molar-refractivity contribution in [1.29, 1.82) is 0 Å². The molecule has 25 heavy (non-hydrogen) atoms. The van der Waals surface area contributed by atoms with Crippen LogP contribution in [-0.2, 0) is 0 Å². The molecule has 128 valence electrons. The molecule has 1 aliphatic heterocycles. The third-order valence-electron chi connectivity index (χ3n) is 4.39. The highest BCUT2D eigenvalue weighted by atomic mass is 32.1. The molecule has 0 atom stereocenters. The molecule has 0 saturated carbocycles. The van der Waals surface area contributed by atoms with E-state index in [1.54, 1.807) is 28.3 Å². The summed E-state index contributed by atoms with van der Waals surface area (Å²) in [7, 11) is 0. The third-order valence-corrected chi connectivity index (χ3v) is 5.46. The van der Waals surface area contributed by atoms with E-state index in [0.29, 0.717) is 16.6 Å². The second-order valence-corrected chi connectivity index (χ2v) is 7.08. The molecule has 0 spiro atoms. The van der Waals surface area contributed by atoms with E-state index >= 15 is 0 Å². The lowest BCUT2D eigenvalue weighted by Crippen LogP contribution is -2.26. The van der Waals surface area contributed by atoms with Crippen molar-refractivity contribution in [3.05, 3.63) is 59.4 Å². The minimum Gasteiger partial charge on any atom is -0.317 e. The summed E-state index contributed by atoms with van der Waals surface area (Å²) < 4.78 is 1.69. The normalized spacial score (nSPS) is 15.2. The van der Waals surface area contributed by atoms with E-state index in [9.17, 15) is 4.79 Å². The van der Waals surface area contributed by atoms with Gasteiger partial charge in [0, 0.05) is 23.5 Å². The second-order valence-electron chi connectivity index (χ2n) is 6.01. The summed E-state index contributed by atoms with van der Waals surface area (Å²) in [4.78, 5) is 18.4. The van der Waals surface area contributed by atoms with Gasteiger partial charge in [0.2, 0.25) is 0 Å². The Kier molecular flexibility index (Phi) is 4.58. The van der Waals surface area contributed by atoms with Crippen LogP contribution in [0.15, 0.2) is 48.9 Å². The number of anilines is 1. The molecule has 0 radical (unpaired) electrons. The van der Waals surface area contributed by atoms with Crippen LogP contribution in [0.25, 0.3) is 5.69 Å². The fourth-order valence-corrected chi connectivity index (χ4v) is 4.06. The molecular weight excluding hydrogens is 334 g/mol. The predicted octanol–water partition coefficient (Wildman–Crippen LogP) is 3.05. The smallest absolute Gasteiger partial charge is 0.259 e. The summed E-state index contributed by atoms with van der Waals surface area (Å²) in [5.74, 6) is 0.373. The first-order valence-electron chi connectivity index (χ1n) is 8.38. The number of amides is 1. The maximum absolute atomic E-state index is 12.7. The van der Waals surface area contributed by atoms with Gasteiger partial charge in [-0.2, -0.15) is 5.10 Å². The first kappa shape index (κ1) is 16.0. The van der Waals surface area contributed by atoms with Gasteiger partial charge < -0.3 is 5.32 Å². The zero-order valence-electron chi connectivity index (χ0n) is 13.7. The predicted molar refractivity (Wildman–Crippen MR) is 98.5 cm³/mol. The number of carbonyl (C=O) groups excluding carboxylic acids is 1. The monoisotopic (exact) mass is 353 g/mol. The van der Waals surface area contributed by atoms with Gasteiger partial charge in [0.15, 0.2) is 5.13 Å². The lowest BCUT2D eigenvalue weighted by molar-refractivity contribution is 0.102. The SMILES string of the molecule is O=C(Nc1ncc(C2CCNCC2)s1)c1ccccc1-n1cccn1. The standard InChI is InChI=1S/C18H19N5OS/c24-17(14-4-1-2-5-15(14)23-11-3-8-21-23)22-18-20-12-16(25-18)13-6-9-19-10-7-13/h1-5,8,11-13,19H,6-7,9-10H2,(H,20,22,24). The van der Waals surface area contributed by atoms with E-state index in [4.69, 9.17) is 0 Å². The van der Waals surface area contributed by atoms with E-state index in [0.717, 1.165) is 31.6 Å². The minimum absolute atomic E-state index is 0.169. The van der Waals surface area contributed by atoms with Crippen LogP contribution in [0.4, 0.5) is 5.13 Å². The van der Waals surface area contributed by atoms with E-state index in [2.05, 4.69) is 20.7 Å². The molecule has 2 N–H and O–H groups in total. The van der Waals surface area contributed by atoms with Gasteiger partial charge in [0.1, 0.15) is 0 Å². The van der Waals surface area contributed by atoms with Gasteiger partial charge in [-0.3, -0.25) is 10.1 Å². The lowest BCUT2D eigenvalue weighted by atomic mass is 9.97. The minimum atomic E-state index is -0.169. The van der Waals surface area contributed by atoms with E-state index in [-0.39, 0.29) is 5.91 Å². The molecule has 0 unspecified atom stereocenters. The summed E-state index contributed by atoms with van der Waals surface area (Å²) in [6.07, 6.45) is 7.66. The van der Waals surface area contributed by atoms with Crippen molar-refractivity contribution in [2.75, 3.05) is 18.4 Å². The van der Waals surface area contributed by atoms with Crippen molar-refractivity contribution < 1.29 is 4.79 Å². The fourth-order valence-electron chi connectivity index (χ4n) is 3.08. The van der Waals surface area contributed by atoms with Crippen LogP contribution >= 0.6 is 11.3 Å². The van der Waals surface area contributed by atoms with Crippen LogP contribution in [0, 0.1) is 0 Å². The first-order chi connectivity index (χ1) is 12.3. The molecule has 0 aliphatic carbocycles. The molecule has 6 nitrogen and oxygen atoms in total. The Morgan fingerprint density at radius 1 is 1.24 bits per heavy atom. The molecule has 0 bridgehead atoms. The topological polar surface area (TPSA) is 71.8 Å². The van der Waals surface area contributed by atoms with Gasteiger partial charge in [-0.15, -0.1) is 11.3 Å². The number of aromatic nitrogens is 3. The Morgan fingerprint density at radius 2 is 2.08 bits per heavy atom. The summed E-state index contributed by atoms with van der Waals surface area (Å²) in [6, 6.07) is 9.26. The average molecular weight is 353 g/mol. The van der Waals surface area contributed by atoms with Crippen LogP contribution in [0.3, 0.4) is 0 Å². The number of para-hydroxylation sites is 1. The molecule has 1 aromatic carbocycles. The number of carbonyl (C=O) groups is 1. The largest absolute Gasteiger partial charge is 0.317 e. The number of nitrogens with one attached hydrogen (secondary N) is 2. The van der Waals surface area contributed by atoms with Gasteiger partial charge >= 0.3 is 0 Å². The molecule has 1 fully saturated rings. The molecular formula is C18H19N5OS. The third kappa shape index (κ3) is 3.47. The van der Waals surface area contributed by atoms with Gasteiger partial charge in [-0.1, -0.05) is 12.1 Å². The van der Waals surface area contributed by atoms with Crippen LogP contribution in [0.1, 0.15) is 34.0 Å². The van der Waals surface area contributed by atoms with Gasteiger partial charge in [-0.25, -0.2) is 9.67 Å². The fraction of sp³-hybridized carbons (Fsp3) is 0.278. The highest BCUT2D eigenvalue weighted by molar-refractivity contribution is 7.15. The zero-order valence-corrected chi connectivity index (χ0v) is 14.5. The van der Waals surface area contributed by atoms with Crippen molar-refractivity contribution in [1.82, 2.24) is 20.1 Å². The van der Waals surface area contributed by atoms with Crippen molar-refractivity contribution in [3.63, 3.8) is 0 Å². The van der Waals surface area contributed by atoms with Crippen LogP contribution < -0.4 is 10.6 Å². The van der Waals surface area contributed by atoms with Crippen molar-refractivity contribution in [2.45, 2.75) is 18.8 Å². The Hall–Kier alpha value is -2.51. The van der Waals surface area contributed by atoms with Crippen molar-refractivity contribution in [3.8, 4) is 5.69 Å². The molecule has 1 aliphatic rings. The van der Waals surface area contributed by atoms with Gasteiger partial charge in [-0.05, 0) is 50.0 Å². The number of benzene rings is 1. The summed E-state index contributed by atoms with van der Waals surface area (Å²) in [5.41, 5.74) is 1.32. The second kappa shape index (κ2) is 7.16. The van der Waals surface area contributed by atoms with Crippen molar-refractivity contribution in [2.24, 2.45) is 0 Å². The Balaban J connectivity index is 1.52. The van der Waals surface area contributed by atoms with Crippen LogP contribution in [0.2, 0.25) is 0 Å². The molecule has 4 rings (SSSR count). The first-order valence-corrected chi connectivity index (χ1v) is 9.20. The molecule has 1 saturated heterocycles. The number of nitrogens with zero attached hydrogens (tertiary/aromatic N) is 3. The number of rotatable bonds is 4. The quantitative estimate of drug-likeness (QED) is 0.756. The Labute approximate surface area is 149 Å². The highest BCUT2D eigenvalue weighted by Crippen LogP contribution is 2.32. The lowest BCUT2D eigenvalue weighted by Gasteiger charge is -2.20. The maximum atomic E-state index is 12.7. The number of thiazole rings is 1. The molecule has 1 amide bonds. The van der Waals surface area contributed by atoms with Crippen LogP contribution in [0.5, 0.6) is 0 Å². The van der Waals surface area contributed by atoms with Crippen LogP contribution in [-0.4, -0.2) is 33.8 Å². The zero-order chi connectivity index (χ0) is 17.1.